The maximum Gasteiger partial charge on any atom is 0.308 e. The van der Waals surface area contributed by atoms with Crippen molar-refractivity contribution in [3.8, 4) is 0 Å². The van der Waals surface area contributed by atoms with Crippen LogP contribution in [0.15, 0.2) is 25.3 Å². The van der Waals surface area contributed by atoms with Crippen molar-refractivity contribution in [3.63, 3.8) is 0 Å². The van der Waals surface area contributed by atoms with Crippen LogP contribution in [0.5, 0.6) is 0 Å². The monoisotopic (exact) mass is 218 g/mol. The van der Waals surface area contributed by atoms with Crippen LogP contribution in [0, 0.1) is 0 Å². The van der Waals surface area contributed by atoms with Gasteiger partial charge in [0.2, 0.25) is 0 Å². The second kappa shape index (κ2) is 5.99. The largest absolute Gasteiger partial charge is 0.327 e. The van der Waals surface area contributed by atoms with E-state index >= 15 is 0 Å². The van der Waals surface area contributed by atoms with Gasteiger partial charge in [0.15, 0.2) is 0 Å². The van der Waals surface area contributed by atoms with Crippen LogP contribution in [0.2, 0.25) is 0 Å². The molecule has 0 unspecified atom stereocenters. The van der Waals surface area contributed by atoms with Gasteiger partial charge >= 0.3 is 11.9 Å². The lowest BCUT2D eigenvalue weighted by Gasteiger charge is -2.36. The predicted molar refractivity (Wildman–Crippen MR) is 55.0 cm³/mol. The molecule has 0 aliphatic heterocycles. The molecule has 0 aromatic heterocycles. The molecule has 0 fully saturated rings. The van der Waals surface area contributed by atoms with Crippen LogP contribution in [0.3, 0.4) is 0 Å². The molecule has 0 spiro atoms. The summed E-state index contributed by atoms with van der Waals surface area (Å²) in [6.07, 6.45) is 2.67. The molecule has 0 atom stereocenters. The van der Waals surface area contributed by atoms with Gasteiger partial charge in [0, 0.05) is 28.4 Å². The zero-order valence-corrected chi connectivity index (χ0v) is 9.61. The van der Waals surface area contributed by atoms with Crippen LogP contribution in [0.4, 0.5) is 0 Å². The molecule has 0 aromatic carbocycles. The average molecular weight is 218 g/mol. The van der Waals surface area contributed by atoms with E-state index in [1.807, 2.05) is 0 Å². The van der Waals surface area contributed by atoms with E-state index in [1.54, 1.807) is 0 Å². The minimum atomic E-state index is -1.44. The van der Waals surface area contributed by atoms with E-state index in [2.05, 4.69) is 13.2 Å². The summed E-state index contributed by atoms with van der Waals surface area (Å²) in [6, 6.07) is 0. The highest BCUT2D eigenvalue weighted by Gasteiger charge is 2.40. The fraction of sp³-hybridized carbons (Fsp3) is 0.600. The second-order valence-electron chi connectivity index (χ2n) is 2.53. The van der Waals surface area contributed by atoms with Crippen molar-refractivity contribution in [2.75, 3.05) is 28.4 Å². The van der Waals surface area contributed by atoms with Gasteiger partial charge in [0.1, 0.15) is 0 Å². The van der Waals surface area contributed by atoms with Gasteiger partial charge in [-0.2, -0.15) is 0 Å². The number of hydrogen-bond donors (Lipinski definition) is 0. The Kier molecular flexibility index (Phi) is 5.71. The minimum absolute atomic E-state index is 1.34. The summed E-state index contributed by atoms with van der Waals surface area (Å²) in [6.45, 7) is 7.08. The molecule has 0 aliphatic carbocycles. The Hall–Kier alpha value is -0.720. The highest BCUT2D eigenvalue weighted by atomic mass is 17.0. The first kappa shape index (κ1) is 14.3. The summed E-state index contributed by atoms with van der Waals surface area (Å²) in [4.78, 5) is 0. The van der Waals surface area contributed by atoms with E-state index in [-0.39, 0.29) is 0 Å². The molecule has 0 saturated carbocycles. The molecule has 0 N–H and O–H groups in total. The summed E-state index contributed by atoms with van der Waals surface area (Å²) in [5.74, 6) is -2.89. The van der Waals surface area contributed by atoms with Gasteiger partial charge in [-0.05, 0) is 12.2 Å². The Morgan fingerprint density at radius 2 is 1.00 bits per heavy atom. The molecule has 0 rings (SSSR count). The van der Waals surface area contributed by atoms with E-state index in [0.29, 0.717) is 0 Å². The van der Waals surface area contributed by atoms with Crippen LogP contribution in [-0.2, 0) is 23.7 Å². The van der Waals surface area contributed by atoms with Gasteiger partial charge in [0.25, 0.3) is 0 Å². The highest BCUT2D eigenvalue weighted by Crippen LogP contribution is 2.25. The van der Waals surface area contributed by atoms with Crippen molar-refractivity contribution in [3.05, 3.63) is 25.3 Å². The van der Waals surface area contributed by atoms with Crippen LogP contribution >= 0.6 is 0 Å². The molecule has 88 valence electrons. The van der Waals surface area contributed by atoms with Crippen molar-refractivity contribution in [2.45, 2.75) is 11.9 Å². The first-order valence-corrected chi connectivity index (χ1v) is 4.25. The molecule has 0 aliphatic rings. The summed E-state index contributed by atoms with van der Waals surface area (Å²) in [7, 11) is 5.63. The number of ether oxygens (including phenoxy) is 5. The summed E-state index contributed by atoms with van der Waals surface area (Å²) in [5.41, 5.74) is 0. The van der Waals surface area contributed by atoms with Crippen molar-refractivity contribution in [1.29, 1.82) is 0 Å². The van der Waals surface area contributed by atoms with E-state index in [9.17, 15) is 0 Å². The minimum Gasteiger partial charge on any atom is -0.327 e. The Bertz CT molecular complexity index is 184. The maximum atomic E-state index is 5.40. The van der Waals surface area contributed by atoms with Gasteiger partial charge in [0.05, 0.1) is 0 Å². The molecular weight excluding hydrogens is 200 g/mol. The van der Waals surface area contributed by atoms with Gasteiger partial charge in [-0.15, -0.1) is 0 Å². The third-order valence-corrected chi connectivity index (χ3v) is 1.92. The van der Waals surface area contributed by atoms with Crippen molar-refractivity contribution < 1.29 is 23.7 Å². The second-order valence-corrected chi connectivity index (χ2v) is 2.53. The molecule has 0 amide bonds. The fourth-order valence-corrected chi connectivity index (χ4v) is 0.948. The first-order valence-electron chi connectivity index (χ1n) is 4.25. The molecule has 15 heavy (non-hydrogen) atoms. The molecular formula is C10H18O5. The Morgan fingerprint density at radius 3 is 1.13 bits per heavy atom. The Labute approximate surface area is 90.2 Å². The number of hydrogen-bond acceptors (Lipinski definition) is 5. The first-order chi connectivity index (χ1) is 7.07. The lowest BCUT2D eigenvalue weighted by molar-refractivity contribution is -0.454. The van der Waals surface area contributed by atoms with E-state index in [1.165, 1.54) is 40.6 Å². The zero-order chi connectivity index (χ0) is 11.9. The molecule has 0 radical (unpaired) electrons. The molecule has 0 saturated heterocycles. The summed E-state index contributed by atoms with van der Waals surface area (Å²) in [5, 5.41) is 0. The van der Waals surface area contributed by atoms with Crippen molar-refractivity contribution >= 4 is 0 Å². The molecule has 0 aromatic rings. The lowest BCUT2D eigenvalue weighted by atomic mass is 10.4. The fourth-order valence-electron chi connectivity index (χ4n) is 0.948. The van der Waals surface area contributed by atoms with Crippen molar-refractivity contribution in [1.82, 2.24) is 0 Å². The van der Waals surface area contributed by atoms with Crippen LogP contribution < -0.4 is 0 Å². The van der Waals surface area contributed by atoms with Crippen molar-refractivity contribution in [2.24, 2.45) is 0 Å². The third-order valence-electron chi connectivity index (χ3n) is 1.92. The van der Waals surface area contributed by atoms with Gasteiger partial charge in [-0.25, -0.2) is 0 Å². The zero-order valence-electron chi connectivity index (χ0n) is 9.61. The van der Waals surface area contributed by atoms with E-state index < -0.39 is 11.9 Å². The predicted octanol–water partition coefficient (Wildman–Crippen LogP) is 1.27. The van der Waals surface area contributed by atoms with E-state index in [0.717, 1.165) is 0 Å². The van der Waals surface area contributed by atoms with Gasteiger partial charge < -0.3 is 18.9 Å². The SMILES string of the molecule is C=CC(OC)(OC)OC(C=C)(OC)OC. The number of rotatable bonds is 8. The maximum absolute atomic E-state index is 5.40. The normalized spacial score (nSPS) is 12.5. The van der Waals surface area contributed by atoms with Crippen LogP contribution in [-0.4, -0.2) is 40.4 Å². The highest BCUT2D eigenvalue weighted by molar-refractivity contribution is 4.88. The van der Waals surface area contributed by atoms with Gasteiger partial charge in [-0.3, -0.25) is 4.74 Å². The quantitative estimate of drug-likeness (QED) is 0.453. The van der Waals surface area contributed by atoms with E-state index in [4.69, 9.17) is 23.7 Å². The molecule has 0 bridgehead atoms. The molecule has 5 nitrogen and oxygen atoms in total. The molecule has 5 heteroatoms. The Balaban J connectivity index is 4.90. The standard InChI is InChI=1S/C10H18O5/c1-7-9(11-3,12-4)15-10(8-2,13-5)14-6/h7-8H,1-2H2,3-6H3. The number of methoxy groups -OCH3 is 4. The summed E-state index contributed by atoms with van der Waals surface area (Å²) >= 11 is 0. The smallest absolute Gasteiger partial charge is 0.308 e. The topological polar surface area (TPSA) is 46.2 Å². The Morgan fingerprint density at radius 1 is 0.733 bits per heavy atom. The van der Waals surface area contributed by atoms with Crippen LogP contribution in [0.25, 0.3) is 0 Å². The summed E-state index contributed by atoms with van der Waals surface area (Å²) < 4.78 is 25.5. The third kappa shape index (κ3) is 3.12. The lowest BCUT2D eigenvalue weighted by Crippen LogP contribution is -2.47. The van der Waals surface area contributed by atoms with Crippen LogP contribution in [0.1, 0.15) is 0 Å². The average Bonchev–Trinajstić information content (AvgIpc) is 2.33. The van der Waals surface area contributed by atoms with Gasteiger partial charge in [-0.1, -0.05) is 13.2 Å². The molecule has 0 heterocycles.